The zero-order valence-electron chi connectivity index (χ0n) is 30.1. The van der Waals surface area contributed by atoms with Crippen LogP contribution in [0, 0.1) is 23.6 Å². The van der Waals surface area contributed by atoms with Gasteiger partial charge in [-0.1, -0.05) is 48.5 Å². The van der Waals surface area contributed by atoms with Crippen LogP contribution in [0.2, 0.25) is 0 Å². The summed E-state index contributed by atoms with van der Waals surface area (Å²) in [6, 6.07) is 29.7. The lowest BCUT2D eigenvalue weighted by Gasteiger charge is -2.36. The fraction of sp³-hybridized carbons (Fsp3) is 0.395. The quantitative estimate of drug-likeness (QED) is 0.0968. The number of phenols is 2. The van der Waals surface area contributed by atoms with E-state index in [2.05, 4.69) is 22.8 Å². The molecule has 10 heteroatoms. The minimum atomic E-state index is -0.964. The van der Waals surface area contributed by atoms with Gasteiger partial charge in [0.15, 0.2) is 11.6 Å². The molecule has 2 amide bonds. The van der Waals surface area contributed by atoms with Crippen LogP contribution in [0.4, 0.5) is 4.39 Å². The van der Waals surface area contributed by atoms with E-state index in [1.807, 2.05) is 48.5 Å². The molecule has 2 saturated carbocycles. The number of para-hydroxylation sites is 1. The average Bonchev–Trinajstić information content (AvgIpc) is 3.19. The number of nitrogens with one attached hydrogen (secondary N) is 2. The van der Waals surface area contributed by atoms with E-state index in [4.69, 9.17) is 9.47 Å². The molecule has 0 saturated heterocycles. The van der Waals surface area contributed by atoms with Crippen molar-refractivity contribution in [3.05, 3.63) is 126 Å². The molecule has 5 N–H and O–H groups in total. The summed E-state index contributed by atoms with van der Waals surface area (Å²) >= 11 is 0. The predicted octanol–water partition coefficient (Wildman–Crippen LogP) is 7.41. The molecule has 4 aromatic carbocycles. The van der Waals surface area contributed by atoms with Crippen LogP contribution < -0.4 is 15.4 Å². The molecule has 53 heavy (non-hydrogen) atoms. The maximum Gasteiger partial charge on any atom is 0.251 e. The lowest BCUT2D eigenvalue weighted by molar-refractivity contribution is -0.0129. The first-order chi connectivity index (χ1) is 25.7. The van der Waals surface area contributed by atoms with Crippen molar-refractivity contribution in [1.82, 2.24) is 10.6 Å². The van der Waals surface area contributed by atoms with E-state index < -0.39 is 23.1 Å². The van der Waals surface area contributed by atoms with Gasteiger partial charge in [-0.05, 0) is 129 Å². The molecule has 0 atom stereocenters. The van der Waals surface area contributed by atoms with Crippen LogP contribution >= 0.6 is 0 Å². The monoisotopic (exact) mass is 726 g/mol. The Morgan fingerprint density at radius 3 is 1.94 bits per heavy atom. The van der Waals surface area contributed by atoms with Gasteiger partial charge in [-0.15, -0.1) is 0 Å². The zero-order valence-corrected chi connectivity index (χ0v) is 30.1. The standard InChI is InChI=1S/C22H27NO3.C21H24FNO4/c24-21-12-10-20(11-13-21)22(25)23-14-17-6-8-19(9-7-17)16-26-15-18-4-2-1-3-5-18;22-18-12-16(6-7-19(18)24)20(25)23-14-21(26)10-8-15(9-11-21)13-27-17-4-2-1-3-5-17/h1-5,10-13,17,19,24H,6-9,14-16H2,(H,23,25);1-7,12,15,24,26H,8-11,13-14H2,(H,23,25)/t17-,19+;15-,21-. The number of rotatable bonds is 13. The van der Waals surface area contributed by atoms with Crippen LogP contribution in [0.1, 0.15) is 77.6 Å². The van der Waals surface area contributed by atoms with E-state index in [9.17, 15) is 29.3 Å². The van der Waals surface area contributed by atoms with Crippen LogP contribution in [-0.2, 0) is 11.3 Å². The first-order valence-corrected chi connectivity index (χ1v) is 18.5. The van der Waals surface area contributed by atoms with Crippen molar-refractivity contribution in [1.29, 1.82) is 0 Å². The molecule has 282 valence electrons. The lowest BCUT2D eigenvalue weighted by atomic mass is 9.79. The molecule has 0 heterocycles. The molecule has 0 aromatic heterocycles. The van der Waals surface area contributed by atoms with Crippen molar-refractivity contribution in [2.75, 3.05) is 26.3 Å². The summed E-state index contributed by atoms with van der Waals surface area (Å²) < 4.78 is 25.0. The number of phenolic OH excluding ortho intramolecular Hbond substituents is 2. The van der Waals surface area contributed by atoms with Gasteiger partial charge < -0.3 is 35.4 Å². The summed E-state index contributed by atoms with van der Waals surface area (Å²) in [6.07, 6.45) is 7.35. The van der Waals surface area contributed by atoms with E-state index in [1.54, 1.807) is 12.1 Å². The number of carbonyl (C=O) groups is 2. The third-order valence-corrected chi connectivity index (χ3v) is 10.2. The number of amides is 2. The van der Waals surface area contributed by atoms with E-state index in [-0.39, 0.29) is 23.8 Å². The number of carbonyl (C=O) groups excluding carboxylic acids is 2. The molecule has 0 unspecified atom stereocenters. The summed E-state index contributed by atoms with van der Waals surface area (Å²) in [5, 5.41) is 34.8. The van der Waals surface area contributed by atoms with Gasteiger partial charge in [0.05, 0.1) is 18.8 Å². The molecule has 0 aliphatic heterocycles. The fourth-order valence-corrected chi connectivity index (χ4v) is 6.76. The first kappa shape index (κ1) is 39.3. The number of hydrogen-bond acceptors (Lipinski definition) is 7. The molecule has 0 radical (unpaired) electrons. The number of aromatic hydroxyl groups is 2. The number of halogens is 1. The SMILES string of the molecule is O=C(NC[C@H]1CC[C@@H](COCc2ccccc2)CC1)c1ccc(O)cc1.O=C(NC[C@]1(O)CC[C@H](COc2ccccc2)CC1)c1ccc(O)c(F)c1. The Balaban J connectivity index is 0.000000204. The highest BCUT2D eigenvalue weighted by atomic mass is 19.1. The Morgan fingerprint density at radius 2 is 1.28 bits per heavy atom. The second-order valence-corrected chi connectivity index (χ2v) is 14.3. The largest absolute Gasteiger partial charge is 0.508 e. The van der Waals surface area contributed by atoms with Gasteiger partial charge in [0, 0.05) is 30.8 Å². The van der Waals surface area contributed by atoms with Gasteiger partial charge in [0.25, 0.3) is 11.8 Å². The second kappa shape index (κ2) is 19.8. The molecular weight excluding hydrogens is 675 g/mol. The zero-order chi connectivity index (χ0) is 37.5. The minimum Gasteiger partial charge on any atom is -0.508 e. The van der Waals surface area contributed by atoms with E-state index in [0.717, 1.165) is 69.6 Å². The Kier molecular flexibility index (Phi) is 14.7. The summed E-state index contributed by atoms with van der Waals surface area (Å²) in [4.78, 5) is 24.3. The molecule has 2 aliphatic carbocycles. The van der Waals surface area contributed by atoms with Crippen LogP contribution in [0.15, 0.2) is 103 Å². The van der Waals surface area contributed by atoms with Crippen molar-refractivity contribution < 1.29 is 38.8 Å². The summed E-state index contributed by atoms with van der Waals surface area (Å²) in [5.74, 6) is 0.661. The molecule has 0 spiro atoms. The van der Waals surface area contributed by atoms with Crippen LogP contribution in [-0.4, -0.2) is 59.0 Å². The lowest BCUT2D eigenvalue weighted by Crippen LogP contribution is -2.45. The summed E-state index contributed by atoms with van der Waals surface area (Å²) in [6.45, 7) is 2.95. The van der Waals surface area contributed by atoms with Gasteiger partial charge >= 0.3 is 0 Å². The average molecular weight is 727 g/mol. The number of aliphatic hydroxyl groups is 1. The number of hydrogen-bond donors (Lipinski definition) is 5. The maximum atomic E-state index is 13.4. The van der Waals surface area contributed by atoms with Crippen molar-refractivity contribution in [2.24, 2.45) is 17.8 Å². The smallest absolute Gasteiger partial charge is 0.251 e. The molecule has 9 nitrogen and oxygen atoms in total. The number of ether oxygens (including phenoxy) is 2. The molecule has 6 rings (SSSR count). The highest BCUT2D eigenvalue weighted by molar-refractivity contribution is 5.94. The van der Waals surface area contributed by atoms with E-state index >= 15 is 0 Å². The second-order valence-electron chi connectivity index (χ2n) is 14.3. The van der Waals surface area contributed by atoms with E-state index in [0.29, 0.717) is 49.4 Å². The van der Waals surface area contributed by atoms with E-state index in [1.165, 1.54) is 23.8 Å². The molecule has 2 fully saturated rings. The highest BCUT2D eigenvalue weighted by Crippen LogP contribution is 2.32. The Morgan fingerprint density at radius 1 is 0.698 bits per heavy atom. The van der Waals surface area contributed by atoms with Crippen LogP contribution in [0.5, 0.6) is 17.2 Å². The molecule has 0 bridgehead atoms. The first-order valence-electron chi connectivity index (χ1n) is 18.5. The molecular formula is C43H51FN2O7. The predicted molar refractivity (Wildman–Crippen MR) is 201 cm³/mol. The Labute approximate surface area is 311 Å². The minimum absolute atomic E-state index is 0.0710. The summed E-state index contributed by atoms with van der Waals surface area (Å²) in [5.41, 5.74) is 0.955. The van der Waals surface area contributed by atoms with Gasteiger partial charge in [0.2, 0.25) is 0 Å². The Hall–Kier alpha value is -4.93. The van der Waals surface area contributed by atoms with Crippen LogP contribution in [0.25, 0.3) is 0 Å². The van der Waals surface area contributed by atoms with Gasteiger partial charge in [-0.25, -0.2) is 4.39 Å². The van der Waals surface area contributed by atoms with Gasteiger partial charge in [-0.3, -0.25) is 9.59 Å². The Bertz CT molecular complexity index is 1710. The third-order valence-electron chi connectivity index (χ3n) is 10.2. The normalized spacial score (nSPS) is 21.1. The number of benzene rings is 4. The van der Waals surface area contributed by atoms with Crippen molar-refractivity contribution in [2.45, 2.75) is 63.6 Å². The van der Waals surface area contributed by atoms with Crippen molar-refractivity contribution >= 4 is 11.8 Å². The summed E-state index contributed by atoms with van der Waals surface area (Å²) in [7, 11) is 0. The third kappa shape index (κ3) is 12.9. The van der Waals surface area contributed by atoms with Gasteiger partial charge in [-0.2, -0.15) is 0 Å². The van der Waals surface area contributed by atoms with Gasteiger partial charge in [0.1, 0.15) is 11.5 Å². The highest BCUT2D eigenvalue weighted by Gasteiger charge is 2.34. The maximum absolute atomic E-state index is 13.4. The van der Waals surface area contributed by atoms with Crippen LogP contribution in [0.3, 0.4) is 0 Å². The van der Waals surface area contributed by atoms with Crippen molar-refractivity contribution in [3.63, 3.8) is 0 Å². The molecule has 2 aliphatic rings. The fourth-order valence-electron chi connectivity index (χ4n) is 6.76. The van der Waals surface area contributed by atoms with Crippen molar-refractivity contribution in [3.8, 4) is 17.2 Å². The molecule has 4 aromatic rings. The topological polar surface area (TPSA) is 137 Å².